The van der Waals surface area contributed by atoms with Gasteiger partial charge in [-0.25, -0.2) is 9.98 Å². The summed E-state index contributed by atoms with van der Waals surface area (Å²) in [6, 6.07) is 39.6. The van der Waals surface area contributed by atoms with Crippen molar-refractivity contribution in [2.45, 2.75) is 99.8 Å². The molecular formula is C52H66N4. The number of hydrogen-bond donors (Lipinski definition) is 0. The van der Waals surface area contributed by atoms with Crippen LogP contribution in [0.1, 0.15) is 99.8 Å². The quantitative estimate of drug-likeness (QED) is 0.0561. The van der Waals surface area contributed by atoms with Crippen LogP contribution >= 0.6 is 0 Å². The van der Waals surface area contributed by atoms with Crippen molar-refractivity contribution in [2.75, 3.05) is 20.1 Å². The minimum atomic E-state index is 0.601. The second-order valence-corrected chi connectivity index (χ2v) is 17.5. The lowest BCUT2D eigenvalue weighted by atomic mass is 9.97. The van der Waals surface area contributed by atoms with Crippen LogP contribution in [0.4, 0.5) is 11.4 Å². The molecule has 0 bridgehead atoms. The van der Waals surface area contributed by atoms with Gasteiger partial charge in [-0.1, -0.05) is 153 Å². The molecule has 0 fully saturated rings. The van der Waals surface area contributed by atoms with Gasteiger partial charge in [0.1, 0.15) is 5.84 Å². The van der Waals surface area contributed by atoms with Gasteiger partial charge in [0.05, 0.1) is 11.4 Å². The van der Waals surface area contributed by atoms with Crippen LogP contribution in [0.5, 0.6) is 0 Å². The fourth-order valence-electron chi connectivity index (χ4n) is 8.10. The predicted octanol–water partition coefficient (Wildman–Crippen LogP) is 15.0. The summed E-state index contributed by atoms with van der Waals surface area (Å²) < 4.78 is 0. The fraction of sp³-hybridized carbons (Fsp3) is 0.423. The Labute approximate surface area is 337 Å². The van der Waals surface area contributed by atoms with Crippen LogP contribution in [0.25, 0.3) is 43.1 Å². The molecule has 6 rings (SSSR count). The molecule has 6 aromatic rings. The summed E-state index contributed by atoms with van der Waals surface area (Å²) in [6.07, 6.45) is 9.85. The molecule has 0 N–H and O–H groups in total. The third-order valence-electron chi connectivity index (χ3n) is 11.7. The van der Waals surface area contributed by atoms with Crippen molar-refractivity contribution in [2.24, 2.45) is 33.7 Å². The number of guanidine groups is 1. The largest absolute Gasteiger partial charge is 0.345 e. The molecule has 6 aromatic carbocycles. The van der Waals surface area contributed by atoms with Gasteiger partial charge in [-0.3, -0.25) is 0 Å². The third kappa shape index (κ3) is 10.8. The Hall–Kier alpha value is -4.70. The molecule has 56 heavy (non-hydrogen) atoms. The number of aliphatic imine (C=N–C) groups is 2. The van der Waals surface area contributed by atoms with Gasteiger partial charge in [0.15, 0.2) is 0 Å². The summed E-state index contributed by atoms with van der Waals surface area (Å²) >= 11 is 0. The van der Waals surface area contributed by atoms with Crippen molar-refractivity contribution >= 4 is 66.3 Å². The van der Waals surface area contributed by atoms with E-state index in [2.05, 4.69) is 175 Å². The molecule has 0 spiro atoms. The van der Waals surface area contributed by atoms with Crippen LogP contribution in [0.15, 0.2) is 119 Å². The first-order valence-corrected chi connectivity index (χ1v) is 21.5. The predicted molar refractivity (Wildman–Crippen MR) is 247 cm³/mol. The second kappa shape index (κ2) is 19.4. The lowest BCUT2D eigenvalue weighted by Gasteiger charge is -2.33. The Morgan fingerprint density at radius 3 is 1.39 bits per heavy atom. The topological polar surface area (TPSA) is 31.2 Å². The van der Waals surface area contributed by atoms with Gasteiger partial charge in [-0.05, 0) is 112 Å². The first-order chi connectivity index (χ1) is 27.0. The SMILES string of the molecule is CC(=Nc1cccc2cc3ccccc3cc12)N(CC[C@@H](C)CCCC(C)C)C(=Nc1cccc2cc3ccccc3cc12)N(C)CC[C@@H](C)CCCC(C)C. The van der Waals surface area contributed by atoms with Crippen LogP contribution < -0.4 is 0 Å². The summed E-state index contributed by atoms with van der Waals surface area (Å²) in [5.41, 5.74) is 2.00. The summed E-state index contributed by atoms with van der Waals surface area (Å²) in [5.74, 6) is 4.69. The molecular weight excluding hydrogens is 681 g/mol. The van der Waals surface area contributed by atoms with Crippen LogP contribution in [0.3, 0.4) is 0 Å². The molecule has 0 aliphatic rings. The minimum Gasteiger partial charge on any atom is -0.345 e. The van der Waals surface area contributed by atoms with E-state index in [0.29, 0.717) is 11.8 Å². The Balaban J connectivity index is 1.43. The van der Waals surface area contributed by atoms with Gasteiger partial charge in [0, 0.05) is 30.9 Å². The molecule has 0 heterocycles. The van der Waals surface area contributed by atoms with E-state index >= 15 is 0 Å². The smallest absolute Gasteiger partial charge is 0.207 e. The zero-order valence-corrected chi connectivity index (χ0v) is 35.6. The zero-order chi connectivity index (χ0) is 39.6. The summed E-state index contributed by atoms with van der Waals surface area (Å²) in [7, 11) is 2.25. The molecule has 0 aromatic heterocycles. The van der Waals surface area contributed by atoms with Crippen LogP contribution in [0.2, 0.25) is 0 Å². The van der Waals surface area contributed by atoms with E-state index in [1.165, 1.54) is 81.6 Å². The van der Waals surface area contributed by atoms with E-state index in [9.17, 15) is 0 Å². The van der Waals surface area contributed by atoms with E-state index in [1.54, 1.807) is 0 Å². The fourth-order valence-corrected chi connectivity index (χ4v) is 8.10. The molecule has 0 amide bonds. The maximum atomic E-state index is 5.67. The van der Waals surface area contributed by atoms with Crippen molar-refractivity contribution in [3.63, 3.8) is 0 Å². The number of benzene rings is 6. The molecule has 0 saturated carbocycles. The number of amidine groups is 1. The summed E-state index contributed by atoms with van der Waals surface area (Å²) in [5, 5.41) is 9.76. The van der Waals surface area contributed by atoms with E-state index in [1.807, 2.05) is 0 Å². The standard InChI is InChI=1S/C52H66N4/c1-37(2)17-13-19-39(5)29-31-55(8)52(54-51-28-16-26-47-34-43-22-10-12-24-45(43)36-49(47)51)56(32-30-40(6)20-14-18-38(3)4)41(7)53-50-27-15-25-46-33-42-21-9-11-23-44(42)35-48(46)50/h9-12,15-16,21-28,33-40H,13-14,17-20,29-32H2,1-8H3/t39-,40-/m0/s1. The van der Waals surface area contributed by atoms with E-state index in [-0.39, 0.29) is 0 Å². The molecule has 0 aliphatic carbocycles. The number of hydrogen-bond acceptors (Lipinski definition) is 2. The second-order valence-electron chi connectivity index (χ2n) is 17.5. The zero-order valence-electron chi connectivity index (χ0n) is 35.6. The number of fused-ring (bicyclic) bond motifs is 4. The Kier molecular flexibility index (Phi) is 14.2. The normalized spacial score (nSPS) is 13.8. The van der Waals surface area contributed by atoms with E-state index < -0.39 is 0 Å². The maximum Gasteiger partial charge on any atom is 0.207 e. The van der Waals surface area contributed by atoms with Crippen LogP contribution in [0, 0.1) is 23.7 Å². The van der Waals surface area contributed by atoms with E-state index in [0.717, 1.165) is 60.9 Å². The van der Waals surface area contributed by atoms with Crippen molar-refractivity contribution in [3.05, 3.63) is 109 Å². The Morgan fingerprint density at radius 2 is 0.911 bits per heavy atom. The average Bonchev–Trinajstić information content (AvgIpc) is 3.18. The van der Waals surface area contributed by atoms with Crippen molar-refractivity contribution in [1.82, 2.24) is 9.80 Å². The van der Waals surface area contributed by atoms with Gasteiger partial charge >= 0.3 is 0 Å². The van der Waals surface area contributed by atoms with Crippen LogP contribution in [-0.2, 0) is 0 Å². The minimum absolute atomic E-state index is 0.601. The Morgan fingerprint density at radius 1 is 0.482 bits per heavy atom. The summed E-state index contributed by atoms with van der Waals surface area (Å²) in [4.78, 5) is 16.0. The lowest BCUT2D eigenvalue weighted by molar-refractivity contribution is 0.351. The highest BCUT2D eigenvalue weighted by Crippen LogP contribution is 2.33. The molecule has 4 nitrogen and oxygen atoms in total. The van der Waals surface area contributed by atoms with Crippen LogP contribution in [-0.4, -0.2) is 41.7 Å². The maximum absolute atomic E-state index is 5.67. The molecule has 0 unspecified atom stereocenters. The highest BCUT2D eigenvalue weighted by atomic mass is 15.4. The first-order valence-electron chi connectivity index (χ1n) is 21.5. The molecule has 4 heteroatoms. The van der Waals surface area contributed by atoms with Gasteiger partial charge in [0.25, 0.3) is 0 Å². The number of nitrogens with zero attached hydrogens (tertiary/aromatic N) is 4. The molecule has 294 valence electrons. The van der Waals surface area contributed by atoms with Crippen molar-refractivity contribution in [1.29, 1.82) is 0 Å². The highest BCUT2D eigenvalue weighted by molar-refractivity contribution is 6.08. The van der Waals surface area contributed by atoms with Gasteiger partial charge in [-0.2, -0.15) is 0 Å². The molecule has 2 atom stereocenters. The van der Waals surface area contributed by atoms with Gasteiger partial charge < -0.3 is 9.80 Å². The van der Waals surface area contributed by atoms with Gasteiger partial charge in [-0.15, -0.1) is 0 Å². The van der Waals surface area contributed by atoms with Crippen molar-refractivity contribution in [3.8, 4) is 0 Å². The average molecular weight is 747 g/mol. The van der Waals surface area contributed by atoms with Crippen molar-refractivity contribution < 1.29 is 0 Å². The molecule has 0 aliphatic heterocycles. The van der Waals surface area contributed by atoms with E-state index in [4.69, 9.17) is 9.98 Å². The first kappa shape index (κ1) is 40.9. The lowest BCUT2D eigenvalue weighted by Crippen LogP contribution is -2.46. The Bertz CT molecular complexity index is 2260. The molecule has 0 radical (unpaired) electrons. The summed E-state index contributed by atoms with van der Waals surface area (Å²) in [6.45, 7) is 18.2. The monoisotopic (exact) mass is 747 g/mol. The highest BCUT2D eigenvalue weighted by Gasteiger charge is 2.22. The van der Waals surface area contributed by atoms with Gasteiger partial charge in [0.2, 0.25) is 5.96 Å². The molecule has 0 saturated heterocycles. The third-order valence-corrected chi connectivity index (χ3v) is 11.7. The number of rotatable bonds is 16.